The Morgan fingerprint density at radius 2 is 1.63 bits per heavy atom. The summed E-state index contributed by atoms with van der Waals surface area (Å²) >= 11 is 5.96. The Morgan fingerprint density at radius 3 is 2.33 bits per heavy atom. The van der Waals surface area contributed by atoms with Gasteiger partial charge in [-0.25, -0.2) is 4.68 Å². The van der Waals surface area contributed by atoms with Crippen molar-refractivity contribution >= 4 is 17.5 Å². The van der Waals surface area contributed by atoms with Gasteiger partial charge in [-0.3, -0.25) is 19.5 Å². The van der Waals surface area contributed by atoms with E-state index in [4.69, 9.17) is 11.6 Å². The molecule has 0 saturated carbocycles. The molecule has 0 radical (unpaired) electrons. The number of rotatable bonds is 6. The summed E-state index contributed by atoms with van der Waals surface area (Å²) in [6.45, 7) is 0.0862. The molecule has 1 unspecified atom stereocenters. The van der Waals surface area contributed by atoms with Gasteiger partial charge in [0.2, 0.25) is 5.91 Å². The molecule has 7 heteroatoms. The van der Waals surface area contributed by atoms with Crippen LogP contribution in [0.5, 0.6) is 0 Å². The smallest absolute Gasteiger partial charge is 0.265 e. The Balaban J connectivity index is 1.76. The predicted octanol–water partition coefficient (Wildman–Crippen LogP) is 2.49. The number of nitrogens with one attached hydrogen (secondary N) is 2. The number of H-pyrrole nitrogens is 1. The average Bonchev–Trinajstić information content (AvgIpc) is 2.68. The molecule has 1 atom stereocenters. The van der Waals surface area contributed by atoms with Crippen molar-refractivity contribution in [3.63, 3.8) is 0 Å². The van der Waals surface area contributed by atoms with Crippen molar-refractivity contribution in [1.29, 1.82) is 0 Å². The van der Waals surface area contributed by atoms with Crippen molar-refractivity contribution in [3.05, 3.63) is 104 Å². The van der Waals surface area contributed by atoms with Crippen molar-refractivity contribution < 1.29 is 4.79 Å². The molecule has 27 heavy (non-hydrogen) atoms. The van der Waals surface area contributed by atoms with E-state index < -0.39 is 5.56 Å². The lowest BCUT2D eigenvalue weighted by Gasteiger charge is -2.20. The van der Waals surface area contributed by atoms with Crippen molar-refractivity contribution in [2.45, 2.75) is 19.0 Å². The van der Waals surface area contributed by atoms with Crippen LogP contribution in [0.3, 0.4) is 0 Å². The second-order valence-electron chi connectivity index (χ2n) is 6.01. The number of hydrogen-bond donors (Lipinski definition) is 2. The van der Waals surface area contributed by atoms with Gasteiger partial charge in [-0.1, -0.05) is 54.1 Å². The van der Waals surface area contributed by atoms with Gasteiger partial charge >= 0.3 is 0 Å². The molecular weight excluding hydrogens is 366 g/mol. The second kappa shape index (κ2) is 8.51. The van der Waals surface area contributed by atoms with Crippen molar-refractivity contribution in [3.8, 4) is 0 Å². The molecule has 0 spiro atoms. The molecule has 138 valence electrons. The molecule has 0 saturated heterocycles. The van der Waals surface area contributed by atoms with E-state index in [1.54, 1.807) is 12.1 Å². The third-order valence-electron chi connectivity index (χ3n) is 4.09. The number of benzene rings is 2. The van der Waals surface area contributed by atoms with Crippen molar-refractivity contribution in [2.75, 3.05) is 0 Å². The zero-order chi connectivity index (χ0) is 19.2. The fraction of sp³-hybridized carbons (Fsp3) is 0.150. The van der Waals surface area contributed by atoms with Gasteiger partial charge in [-0.05, 0) is 23.3 Å². The average molecular weight is 384 g/mol. The maximum Gasteiger partial charge on any atom is 0.265 e. The maximum absolute atomic E-state index is 12.5. The number of carbonyl (C=O) groups excluding carboxylic acids is 1. The Bertz CT molecular complexity index is 1030. The first-order valence-corrected chi connectivity index (χ1v) is 8.81. The Morgan fingerprint density at radius 1 is 0.963 bits per heavy atom. The van der Waals surface area contributed by atoms with Crippen LogP contribution in [0.2, 0.25) is 5.02 Å². The highest BCUT2D eigenvalue weighted by Gasteiger charge is 2.17. The van der Waals surface area contributed by atoms with Crippen LogP contribution in [0.1, 0.15) is 23.6 Å². The topological polar surface area (TPSA) is 84.0 Å². The third kappa shape index (κ3) is 4.95. The van der Waals surface area contributed by atoms with Gasteiger partial charge in [-0.15, -0.1) is 0 Å². The first kappa shape index (κ1) is 18.7. The molecule has 2 N–H and O–H groups in total. The minimum atomic E-state index is -0.390. The highest BCUT2D eigenvalue weighted by atomic mass is 35.5. The lowest BCUT2D eigenvalue weighted by atomic mass is 9.98. The van der Waals surface area contributed by atoms with E-state index in [0.29, 0.717) is 5.02 Å². The summed E-state index contributed by atoms with van der Waals surface area (Å²) in [5.41, 5.74) is 1.07. The Labute approximate surface area is 160 Å². The van der Waals surface area contributed by atoms with Gasteiger partial charge in [0.25, 0.3) is 11.1 Å². The number of amides is 1. The molecule has 2 aromatic carbocycles. The molecule has 0 fully saturated rings. The summed E-state index contributed by atoms with van der Waals surface area (Å²) in [5.74, 6) is -0.240. The van der Waals surface area contributed by atoms with Crippen molar-refractivity contribution in [1.82, 2.24) is 15.1 Å². The second-order valence-corrected chi connectivity index (χ2v) is 6.45. The van der Waals surface area contributed by atoms with E-state index in [0.717, 1.165) is 21.9 Å². The summed E-state index contributed by atoms with van der Waals surface area (Å²) in [5, 5.41) is 6.01. The van der Waals surface area contributed by atoms with E-state index in [2.05, 4.69) is 10.4 Å². The molecule has 1 heterocycles. The normalized spacial score (nSPS) is 11.7. The zero-order valence-electron chi connectivity index (χ0n) is 14.4. The molecule has 3 aromatic rings. The number of halogens is 1. The summed E-state index contributed by atoms with van der Waals surface area (Å²) in [6, 6.07) is 18.8. The van der Waals surface area contributed by atoms with Crippen LogP contribution >= 0.6 is 11.6 Å². The first-order chi connectivity index (χ1) is 13.0. The Kier molecular flexibility index (Phi) is 5.88. The van der Waals surface area contributed by atoms with E-state index in [9.17, 15) is 14.4 Å². The third-order valence-corrected chi connectivity index (χ3v) is 4.34. The predicted molar refractivity (Wildman–Crippen MR) is 104 cm³/mol. The van der Waals surface area contributed by atoms with Crippen LogP contribution in [0, 0.1) is 0 Å². The van der Waals surface area contributed by atoms with Gasteiger partial charge in [0.05, 0.1) is 12.6 Å². The number of nitrogens with zero attached hydrogens (tertiary/aromatic N) is 1. The fourth-order valence-corrected chi connectivity index (χ4v) is 2.86. The number of aryl methyl sites for hydroxylation is 1. The van der Waals surface area contributed by atoms with Gasteiger partial charge in [0, 0.05) is 23.6 Å². The molecular formula is C20H18ClN3O3. The van der Waals surface area contributed by atoms with Crippen LogP contribution in [0.25, 0.3) is 0 Å². The zero-order valence-corrected chi connectivity index (χ0v) is 15.1. The van der Waals surface area contributed by atoms with E-state index in [1.165, 1.54) is 6.07 Å². The van der Waals surface area contributed by atoms with Crippen molar-refractivity contribution in [2.24, 2.45) is 0 Å². The summed E-state index contributed by atoms with van der Waals surface area (Å²) in [4.78, 5) is 35.6. The summed E-state index contributed by atoms with van der Waals surface area (Å²) in [7, 11) is 0. The minimum absolute atomic E-state index is 0.0524. The molecule has 3 rings (SSSR count). The molecule has 1 aromatic heterocycles. The van der Waals surface area contributed by atoms with E-state index in [1.807, 2.05) is 42.5 Å². The number of aromatic nitrogens is 2. The monoisotopic (exact) mass is 383 g/mol. The first-order valence-electron chi connectivity index (χ1n) is 8.43. The van der Waals surface area contributed by atoms with Crippen LogP contribution < -0.4 is 16.4 Å². The lowest BCUT2D eigenvalue weighted by Crippen LogP contribution is -2.33. The number of carbonyl (C=O) groups is 1. The van der Waals surface area contributed by atoms with Gasteiger partial charge in [0.15, 0.2) is 0 Å². The van der Waals surface area contributed by atoms with Gasteiger partial charge in [0.1, 0.15) is 0 Å². The van der Waals surface area contributed by atoms with Crippen LogP contribution in [-0.2, 0) is 11.3 Å². The molecule has 6 nitrogen and oxygen atoms in total. The van der Waals surface area contributed by atoms with E-state index >= 15 is 0 Å². The quantitative estimate of drug-likeness (QED) is 0.685. The van der Waals surface area contributed by atoms with Crippen LogP contribution in [-0.4, -0.2) is 15.7 Å². The molecule has 0 aliphatic rings. The largest absolute Gasteiger partial charge is 0.345 e. The highest BCUT2D eigenvalue weighted by molar-refractivity contribution is 6.30. The maximum atomic E-state index is 12.5. The Hall–Kier alpha value is -3.12. The van der Waals surface area contributed by atoms with Gasteiger partial charge < -0.3 is 5.32 Å². The lowest BCUT2D eigenvalue weighted by molar-refractivity contribution is -0.121. The highest BCUT2D eigenvalue weighted by Crippen LogP contribution is 2.23. The minimum Gasteiger partial charge on any atom is -0.345 e. The number of aromatic amines is 1. The standard InChI is InChI=1S/C20H18ClN3O3/c21-16-8-6-15(7-9-16)20(14-4-2-1-3-5-14)22-17(25)12-13-24-19(27)11-10-18(26)23-24/h1-11,20H,12-13H2,(H,22,25)(H,23,26). The van der Waals surface area contributed by atoms with Gasteiger partial charge in [-0.2, -0.15) is 0 Å². The summed E-state index contributed by atoms with van der Waals surface area (Å²) in [6.07, 6.45) is 0.0524. The molecule has 1 amide bonds. The molecule has 0 aliphatic heterocycles. The van der Waals surface area contributed by atoms with Crippen LogP contribution in [0.4, 0.5) is 0 Å². The summed E-state index contributed by atoms with van der Waals surface area (Å²) < 4.78 is 1.13. The SMILES string of the molecule is O=C(CCn1[nH]c(=O)ccc1=O)NC(c1ccccc1)c1ccc(Cl)cc1. The number of hydrogen-bond acceptors (Lipinski definition) is 3. The molecule has 0 aliphatic carbocycles. The fourth-order valence-electron chi connectivity index (χ4n) is 2.73. The van der Waals surface area contributed by atoms with E-state index in [-0.39, 0.29) is 30.5 Å². The molecule has 0 bridgehead atoms. The van der Waals surface area contributed by atoms with Crippen LogP contribution in [0.15, 0.2) is 76.3 Å².